The topological polar surface area (TPSA) is 115 Å². The lowest BCUT2D eigenvalue weighted by Crippen LogP contribution is -2.44. The van der Waals surface area contributed by atoms with Gasteiger partial charge >= 0.3 is 6.01 Å². The van der Waals surface area contributed by atoms with Crippen molar-refractivity contribution in [3.8, 4) is 6.01 Å². The summed E-state index contributed by atoms with van der Waals surface area (Å²) in [6.45, 7) is 6.40. The van der Waals surface area contributed by atoms with E-state index in [1.807, 2.05) is 16.8 Å². The second-order valence-electron chi connectivity index (χ2n) is 14.7. The molecule has 0 saturated carbocycles. The van der Waals surface area contributed by atoms with E-state index in [1.54, 1.807) is 19.0 Å². The van der Waals surface area contributed by atoms with Crippen LogP contribution in [0.3, 0.4) is 0 Å². The number of halogens is 1. The second kappa shape index (κ2) is 11.4. The van der Waals surface area contributed by atoms with E-state index in [9.17, 15) is 9.18 Å². The van der Waals surface area contributed by atoms with Gasteiger partial charge in [-0.2, -0.15) is 15.1 Å². The van der Waals surface area contributed by atoms with Crippen LogP contribution < -0.4 is 15.4 Å². The quantitative estimate of drug-likeness (QED) is 0.414. The highest BCUT2D eigenvalue weighted by atomic mass is 19.1. The molecule has 3 aromatic rings. The molecule has 4 aliphatic heterocycles. The minimum absolute atomic E-state index is 0.115. The van der Waals surface area contributed by atoms with Crippen molar-refractivity contribution < 1.29 is 18.7 Å². The van der Waals surface area contributed by atoms with Crippen molar-refractivity contribution in [3.63, 3.8) is 0 Å². The molecule has 1 aromatic carbocycles. The van der Waals surface area contributed by atoms with Crippen molar-refractivity contribution >= 4 is 17.4 Å². The number of nitrogen functional groups attached to an aromatic ring is 1. The molecule has 1 amide bonds. The molecular formula is C35H45FN8O3. The standard InChI is InChI=1S/C35H45FN8O3/c1-22-12-23-6-7-25(37)13-28(23)35(15-22)17-30-27(20-47-35)31(39-33(38-30)46-21-34-8-4-10-43(34)18-24(36)16-34)42-9-5-11-44-26(19-42)14-29(40-44)32(45)41(2)3/h6-7,13-14,22,24H,4-5,8-12,15-21,37H2,1-3H3/t22?,24-,34+,35?/m1/s1. The second-order valence-corrected chi connectivity index (χ2v) is 14.7. The largest absolute Gasteiger partial charge is 0.461 e. The summed E-state index contributed by atoms with van der Waals surface area (Å²) >= 11 is 0. The van der Waals surface area contributed by atoms with Crippen LogP contribution >= 0.6 is 0 Å². The number of nitrogens with two attached hydrogens (primary N) is 1. The fourth-order valence-corrected chi connectivity index (χ4v) is 8.89. The van der Waals surface area contributed by atoms with Crippen molar-refractivity contribution in [3.05, 3.63) is 58.0 Å². The van der Waals surface area contributed by atoms with Crippen LogP contribution in [-0.4, -0.2) is 87.5 Å². The summed E-state index contributed by atoms with van der Waals surface area (Å²) in [6, 6.07) is 8.42. The van der Waals surface area contributed by atoms with Crippen molar-refractivity contribution in [1.29, 1.82) is 0 Å². The molecule has 47 heavy (non-hydrogen) atoms. The zero-order valence-electron chi connectivity index (χ0n) is 27.7. The van der Waals surface area contributed by atoms with Gasteiger partial charge in [-0.15, -0.1) is 0 Å². The Morgan fingerprint density at radius 1 is 1.17 bits per heavy atom. The number of aryl methyl sites for hydroxylation is 1. The predicted molar refractivity (Wildman–Crippen MR) is 175 cm³/mol. The summed E-state index contributed by atoms with van der Waals surface area (Å²) in [7, 11) is 3.48. The Labute approximate surface area is 275 Å². The Hall–Kier alpha value is -3.77. The zero-order chi connectivity index (χ0) is 32.5. The van der Waals surface area contributed by atoms with E-state index in [2.05, 4.69) is 34.0 Å². The lowest BCUT2D eigenvalue weighted by atomic mass is 9.71. The van der Waals surface area contributed by atoms with Crippen LogP contribution in [0.5, 0.6) is 6.01 Å². The first-order valence-electron chi connectivity index (χ1n) is 17.1. The number of alkyl halides is 1. The first-order chi connectivity index (χ1) is 22.6. The average Bonchev–Trinajstić information content (AvgIpc) is 3.66. The van der Waals surface area contributed by atoms with Crippen molar-refractivity contribution in [2.45, 2.75) is 88.9 Å². The Morgan fingerprint density at radius 2 is 2.04 bits per heavy atom. The molecule has 2 saturated heterocycles. The molecule has 2 unspecified atom stereocenters. The summed E-state index contributed by atoms with van der Waals surface area (Å²) in [5.74, 6) is 1.12. The molecule has 2 aromatic heterocycles. The number of ether oxygens (including phenoxy) is 2. The highest BCUT2D eigenvalue weighted by molar-refractivity contribution is 5.92. The number of carbonyl (C=O) groups excluding carboxylic acids is 1. The molecule has 2 fully saturated rings. The minimum atomic E-state index is -0.831. The van der Waals surface area contributed by atoms with Gasteiger partial charge in [-0.3, -0.25) is 14.4 Å². The van der Waals surface area contributed by atoms with Crippen molar-refractivity contribution in [1.82, 2.24) is 29.5 Å². The van der Waals surface area contributed by atoms with Gasteiger partial charge in [0.15, 0.2) is 5.69 Å². The molecule has 5 aliphatic rings. The summed E-state index contributed by atoms with van der Waals surface area (Å²) in [5, 5.41) is 4.64. The molecule has 2 N–H and O–H groups in total. The Bertz CT molecular complexity index is 1710. The van der Waals surface area contributed by atoms with Crippen molar-refractivity contribution in [2.75, 3.05) is 51.0 Å². The third-order valence-electron chi connectivity index (χ3n) is 11.0. The number of anilines is 2. The maximum atomic E-state index is 14.6. The lowest BCUT2D eigenvalue weighted by molar-refractivity contribution is -0.0938. The molecule has 11 nitrogen and oxygen atoms in total. The maximum absolute atomic E-state index is 14.6. The van der Waals surface area contributed by atoms with Gasteiger partial charge in [0.25, 0.3) is 5.91 Å². The summed E-state index contributed by atoms with van der Waals surface area (Å²) in [5.41, 5.74) is 11.9. The first-order valence-corrected chi connectivity index (χ1v) is 17.1. The monoisotopic (exact) mass is 644 g/mol. The minimum Gasteiger partial charge on any atom is -0.461 e. The zero-order valence-corrected chi connectivity index (χ0v) is 27.7. The van der Waals surface area contributed by atoms with E-state index in [-0.39, 0.29) is 11.4 Å². The molecule has 1 spiro atoms. The van der Waals surface area contributed by atoms with Crippen LogP contribution in [0.2, 0.25) is 0 Å². The van der Waals surface area contributed by atoms with Gasteiger partial charge in [-0.05, 0) is 73.9 Å². The number of benzene rings is 1. The predicted octanol–water partition coefficient (Wildman–Crippen LogP) is 3.87. The van der Waals surface area contributed by atoms with E-state index in [4.69, 9.17) is 25.2 Å². The van der Waals surface area contributed by atoms with E-state index in [1.165, 1.54) is 5.56 Å². The van der Waals surface area contributed by atoms with E-state index >= 15 is 0 Å². The molecular weight excluding hydrogens is 599 g/mol. The van der Waals surface area contributed by atoms with Crippen LogP contribution in [0.1, 0.15) is 77.6 Å². The number of rotatable bonds is 5. The maximum Gasteiger partial charge on any atom is 0.318 e. The number of carbonyl (C=O) groups is 1. The molecule has 6 heterocycles. The molecule has 250 valence electrons. The third-order valence-corrected chi connectivity index (χ3v) is 11.0. The van der Waals surface area contributed by atoms with Crippen LogP contribution in [-0.2, 0) is 42.9 Å². The van der Waals surface area contributed by atoms with Crippen LogP contribution in [0.25, 0.3) is 0 Å². The van der Waals surface area contributed by atoms with Crippen LogP contribution in [0.15, 0.2) is 24.3 Å². The van der Waals surface area contributed by atoms with E-state index < -0.39 is 11.8 Å². The van der Waals surface area contributed by atoms with Gasteiger partial charge in [-0.25, -0.2) is 4.39 Å². The fourth-order valence-electron chi connectivity index (χ4n) is 8.89. The number of hydrogen-bond acceptors (Lipinski definition) is 9. The highest BCUT2D eigenvalue weighted by Crippen LogP contribution is 2.48. The lowest BCUT2D eigenvalue weighted by Gasteiger charge is -2.45. The molecule has 0 bridgehead atoms. The van der Waals surface area contributed by atoms with Gasteiger partial charge in [0.1, 0.15) is 18.6 Å². The van der Waals surface area contributed by atoms with Gasteiger partial charge in [0.2, 0.25) is 0 Å². The molecule has 8 rings (SSSR count). The van der Waals surface area contributed by atoms with Gasteiger partial charge in [0, 0.05) is 57.8 Å². The average molecular weight is 645 g/mol. The van der Waals surface area contributed by atoms with Crippen LogP contribution in [0.4, 0.5) is 15.9 Å². The smallest absolute Gasteiger partial charge is 0.318 e. The van der Waals surface area contributed by atoms with E-state index in [0.717, 1.165) is 79.2 Å². The normalized spacial score (nSPS) is 28.4. The SMILES string of the molecule is CC1Cc2ccc(N)cc2C2(Cc3nc(OC[C@@]45CCCN4C[C@H](F)C5)nc(N4CCCn5nc(C(=O)N(C)C)cc5C4)c3CO2)C1. The van der Waals surface area contributed by atoms with Gasteiger partial charge < -0.3 is 25.0 Å². The number of aromatic nitrogens is 4. The number of fused-ring (bicyclic) bond motifs is 5. The fraction of sp³-hybridized carbons (Fsp3) is 0.600. The Balaban J connectivity index is 1.17. The molecule has 12 heteroatoms. The first kappa shape index (κ1) is 30.6. The van der Waals surface area contributed by atoms with E-state index in [0.29, 0.717) is 63.3 Å². The molecule has 1 aliphatic carbocycles. The summed E-state index contributed by atoms with van der Waals surface area (Å²) in [6.07, 6.45) is 4.92. The number of nitrogens with zero attached hydrogens (tertiary/aromatic N) is 7. The van der Waals surface area contributed by atoms with Gasteiger partial charge in [0.05, 0.1) is 35.7 Å². The third kappa shape index (κ3) is 5.33. The molecule has 0 radical (unpaired) electrons. The summed E-state index contributed by atoms with van der Waals surface area (Å²) in [4.78, 5) is 29.0. The highest BCUT2D eigenvalue weighted by Gasteiger charge is 2.50. The Morgan fingerprint density at radius 3 is 2.89 bits per heavy atom. The molecule has 4 atom stereocenters. The van der Waals surface area contributed by atoms with Crippen molar-refractivity contribution in [2.24, 2.45) is 5.92 Å². The number of amides is 1. The van der Waals surface area contributed by atoms with Gasteiger partial charge in [-0.1, -0.05) is 13.0 Å². The van der Waals surface area contributed by atoms with Crippen LogP contribution in [0, 0.1) is 5.92 Å². The summed E-state index contributed by atoms with van der Waals surface area (Å²) < 4.78 is 30.0. The number of hydrogen-bond donors (Lipinski definition) is 1. The Kier molecular flexibility index (Phi) is 7.43.